The maximum Gasteiger partial charge on any atom is 0.320 e. The molecule has 116 valence electrons. The van der Waals surface area contributed by atoms with Crippen molar-refractivity contribution in [1.82, 2.24) is 4.98 Å². The Labute approximate surface area is 130 Å². The monoisotopic (exact) mass is 299 g/mol. The Morgan fingerprint density at radius 3 is 2.82 bits per heavy atom. The van der Waals surface area contributed by atoms with Gasteiger partial charge in [0.2, 0.25) is 5.88 Å². The van der Waals surface area contributed by atoms with E-state index in [0.29, 0.717) is 12.3 Å². The summed E-state index contributed by atoms with van der Waals surface area (Å²) >= 11 is 0. The highest BCUT2D eigenvalue weighted by Gasteiger charge is 2.53. The van der Waals surface area contributed by atoms with Gasteiger partial charge in [-0.3, -0.25) is 4.79 Å². The van der Waals surface area contributed by atoms with Gasteiger partial charge in [-0.25, -0.2) is 4.98 Å². The van der Waals surface area contributed by atoms with Crippen LogP contribution in [0.1, 0.15) is 31.5 Å². The number of rotatable bonds is 2. The zero-order valence-corrected chi connectivity index (χ0v) is 13.5. The summed E-state index contributed by atoms with van der Waals surface area (Å²) in [5, 5.41) is 0. The van der Waals surface area contributed by atoms with Gasteiger partial charge < -0.3 is 9.47 Å². The molecule has 2 atom stereocenters. The van der Waals surface area contributed by atoms with E-state index in [9.17, 15) is 4.79 Å². The molecule has 22 heavy (non-hydrogen) atoms. The van der Waals surface area contributed by atoms with Crippen LogP contribution in [0.2, 0.25) is 0 Å². The summed E-state index contributed by atoms with van der Waals surface area (Å²) in [5.41, 5.74) is 3.51. The molecular formula is C18H21NO3. The highest BCUT2D eigenvalue weighted by atomic mass is 16.5. The Bertz CT molecular complexity index is 690. The zero-order valence-electron chi connectivity index (χ0n) is 13.5. The van der Waals surface area contributed by atoms with Gasteiger partial charge in [0.1, 0.15) is 5.41 Å². The highest BCUT2D eigenvalue weighted by Crippen LogP contribution is 2.52. The second-order valence-electron chi connectivity index (χ2n) is 5.99. The summed E-state index contributed by atoms with van der Waals surface area (Å²) in [5.74, 6) is 0.581. The molecule has 0 aliphatic heterocycles. The number of fused-ring (bicyclic) bond motifs is 4. The number of carbonyl (C=O) groups excluding carboxylic acids is 1. The number of esters is 1. The van der Waals surface area contributed by atoms with E-state index in [1.807, 2.05) is 19.1 Å². The molecule has 1 aromatic heterocycles. The number of hydrogen-bond acceptors (Lipinski definition) is 4. The number of hydrogen-bond donors (Lipinski definition) is 0. The smallest absolute Gasteiger partial charge is 0.320 e. The maximum atomic E-state index is 12.8. The van der Waals surface area contributed by atoms with Crippen LogP contribution in [0.3, 0.4) is 0 Å². The second-order valence-corrected chi connectivity index (χ2v) is 5.99. The van der Waals surface area contributed by atoms with Crippen LogP contribution in [0.4, 0.5) is 0 Å². The molecule has 4 nitrogen and oxygen atoms in total. The van der Waals surface area contributed by atoms with E-state index < -0.39 is 5.41 Å². The molecule has 2 bridgehead atoms. The molecule has 0 radical (unpaired) electrons. The molecule has 0 fully saturated rings. The van der Waals surface area contributed by atoms with Gasteiger partial charge in [-0.2, -0.15) is 0 Å². The van der Waals surface area contributed by atoms with Crippen LogP contribution in [0.15, 0.2) is 35.4 Å². The van der Waals surface area contributed by atoms with Crippen molar-refractivity contribution in [2.45, 2.75) is 32.1 Å². The molecule has 0 saturated heterocycles. The summed E-state index contributed by atoms with van der Waals surface area (Å²) in [6, 6.07) is 3.79. The number of pyridine rings is 1. The molecule has 2 aliphatic carbocycles. The van der Waals surface area contributed by atoms with Crippen molar-refractivity contribution in [3.05, 3.63) is 46.7 Å². The maximum absolute atomic E-state index is 12.8. The van der Waals surface area contributed by atoms with Crippen LogP contribution in [0, 0.1) is 5.92 Å². The van der Waals surface area contributed by atoms with Crippen molar-refractivity contribution in [2.75, 3.05) is 14.2 Å². The molecule has 3 rings (SSSR count). The fourth-order valence-electron chi connectivity index (χ4n) is 4.03. The lowest BCUT2D eigenvalue weighted by atomic mass is 9.58. The van der Waals surface area contributed by atoms with Crippen molar-refractivity contribution in [3.63, 3.8) is 0 Å². The normalized spacial score (nSPS) is 27.9. The molecule has 0 N–H and O–H groups in total. The largest absolute Gasteiger partial charge is 0.481 e. The number of methoxy groups -OCH3 is 2. The van der Waals surface area contributed by atoms with Gasteiger partial charge in [-0.15, -0.1) is 0 Å². The molecule has 0 spiro atoms. The van der Waals surface area contributed by atoms with Crippen molar-refractivity contribution in [1.29, 1.82) is 0 Å². The van der Waals surface area contributed by atoms with Gasteiger partial charge in [0.25, 0.3) is 0 Å². The van der Waals surface area contributed by atoms with E-state index in [1.54, 1.807) is 7.11 Å². The second kappa shape index (κ2) is 5.27. The highest BCUT2D eigenvalue weighted by molar-refractivity contribution is 5.89. The summed E-state index contributed by atoms with van der Waals surface area (Å²) in [6.45, 7) is 4.08. The Morgan fingerprint density at radius 2 is 2.18 bits per heavy atom. The standard InChI is InChI=1S/C18H21NO3/c1-5-13-12-8-11(2)10-18(13,17(20)22-4)14-6-7-16(21-3)19-15(14)9-12/h5-8,12H,9-10H2,1-4H3/b13-5+/t12?,18-/m0/s1. The minimum Gasteiger partial charge on any atom is -0.481 e. The SMILES string of the molecule is C/C=C1\C2C=C(C)C[C@@]1(C(=O)OC)c1ccc(OC)nc1C2. The van der Waals surface area contributed by atoms with Crippen LogP contribution in [-0.2, 0) is 21.4 Å². The lowest BCUT2D eigenvalue weighted by Gasteiger charge is -2.45. The van der Waals surface area contributed by atoms with E-state index in [4.69, 9.17) is 9.47 Å². The van der Waals surface area contributed by atoms with E-state index in [1.165, 1.54) is 12.7 Å². The van der Waals surface area contributed by atoms with Gasteiger partial charge in [0.05, 0.1) is 19.9 Å². The molecule has 0 aromatic carbocycles. The Hall–Kier alpha value is -2.10. The minimum atomic E-state index is -0.736. The van der Waals surface area contributed by atoms with Gasteiger partial charge in [0, 0.05) is 18.4 Å². The van der Waals surface area contributed by atoms with Gasteiger partial charge >= 0.3 is 5.97 Å². The minimum absolute atomic E-state index is 0.199. The summed E-state index contributed by atoms with van der Waals surface area (Å²) in [6.07, 6.45) is 5.76. The molecule has 4 heteroatoms. The third kappa shape index (κ3) is 1.90. The number of carbonyl (C=O) groups is 1. The molecule has 0 saturated carbocycles. The fourth-order valence-corrected chi connectivity index (χ4v) is 4.03. The third-order valence-corrected chi connectivity index (χ3v) is 4.80. The first kappa shape index (κ1) is 14.8. The topological polar surface area (TPSA) is 48.4 Å². The fraction of sp³-hybridized carbons (Fsp3) is 0.444. The molecule has 2 aliphatic rings. The van der Waals surface area contributed by atoms with Gasteiger partial charge in [-0.1, -0.05) is 23.8 Å². The van der Waals surface area contributed by atoms with Crippen LogP contribution in [-0.4, -0.2) is 25.2 Å². The van der Waals surface area contributed by atoms with E-state index in [0.717, 1.165) is 23.3 Å². The summed E-state index contributed by atoms with van der Waals surface area (Å²) < 4.78 is 10.4. The number of nitrogens with zero attached hydrogens (tertiary/aromatic N) is 1. The first-order valence-corrected chi connectivity index (χ1v) is 7.53. The summed E-state index contributed by atoms with van der Waals surface area (Å²) in [4.78, 5) is 17.4. The Balaban J connectivity index is 2.29. The molecule has 1 unspecified atom stereocenters. The number of aromatic nitrogens is 1. The van der Waals surface area contributed by atoms with Crippen molar-refractivity contribution in [2.24, 2.45) is 5.92 Å². The molecular weight excluding hydrogens is 278 g/mol. The molecule has 1 heterocycles. The predicted molar refractivity (Wildman–Crippen MR) is 83.8 cm³/mol. The average molecular weight is 299 g/mol. The van der Waals surface area contributed by atoms with Crippen LogP contribution in [0.5, 0.6) is 5.88 Å². The van der Waals surface area contributed by atoms with Gasteiger partial charge in [0.15, 0.2) is 0 Å². The Morgan fingerprint density at radius 1 is 1.41 bits per heavy atom. The van der Waals surface area contributed by atoms with E-state index >= 15 is 0 Å². The van der Waals surface area contributed by atoms with Crippen molar-refractivity contribution >= 4 is 5.97 Å². The first-order valence-electron chi connectivity index (χ1n) is 7.53. The zero-order chi connectivity index (χ0) is 15.9. The van der Waals surface area contributed by atoms with Crippen molar-refractivity contribution in [3.8, 4) is 5.88 Å². The van der Waals surface area contributed by atoms with Gasteiger partial charge in [-0.05, 0) is 31.4 Å². The average Bonchev–Trinajstić information content (AvgIpc) is 2.52. The van der Waals surface area contributed by atoms with E-state index in [-0.39, 0.29) is 11.9 Å². The third-order valence-electron chi connectivity index (χ3n) is 4.80. The first-order chi connectivity index (χ1) is 10.6. The molecule has 1 aromatic rings. The number of allylic oxidation sites excluding steroid dienone is 3. The summed E-state index contributed by atoms with van der Waals surface area (Å²) in [7, 11) is 3.06. The quantitative estimate of drug-likeness (QED) is 0.622. The van der Waals surface area contributed by atoms with E-state index in [2.05, 4.69) is 24.1 Å². The van der Waals surface area contributed by atoms with Crippen LogP contribution in [0.25, 0.3) is 0 Å². The molecule has 0 amide bonds. The van der Waals surface area contributed by atoms with Crippen LogP contribution >= 0.6 is 0 Å². The predicted octanol–water partition coefficient (Wildman–Crippen LogP) is 2.97. The Kier molecular flexibility index (Phi) is 3.55. The van der Waals surface area contributed by atoms with Crippen LogP contribution < -0.4 is 4.74 Å². The lowest BCUT2D eigenvalue weighted by Crippen LogP contribution is -2.47. The van der Waals surface area contributed by atoms with Crippen molar-refractivity contribution < 1.29 is 14.3 Å². The number of ether oxygens (including phenoxy) is 2. The lowest BCUT2D eigenvalue weighted by molar-refractivity contribution is -0.146.